The van der Waals surface area contributed by atoms with Gasteiger partial charge < -0.3 is 34.8 Å². The number of carbonyl (C=O) groups is 4. The van der Waals surface area contributed by atoms with Crippen molar-refractivity contribution in [2.45, 2.75) is 116 Å². The Morgan fingerprint density at radius 1 is 1.12 bits per heavy atom. The van der Waals surface area contributed by atoms with Crippen LogP contribution in [0.4, 0.5) is 0 Å². The van der Waals surface area contributed by atoms with Crippen molar-refractivity contribution in [2.24, 2.45) is 16.7 Å². The van der Waals surface area contributed by atoms with E-state index in [1.165, 1.54) is 20.8 Å². The number of hydrogen-bond donors (Lipinski definition) is 4. The molecule has 40 heavy (non-hydrogen) atoms. The van der Waals surface area contributed by atoms with Crippen molar-refractivity contribution in [3.8, 4) is 0 Å². The SMILES string of the molecule is CC(=O)N[C@@H](C)[C@@H](O)C(=O)OC1C[C@@]2(O)[C@@H](OC(C)=O)[C@@H]3[C@]4(O)CO[C@@H]4CC[C@@]3(C)C(=O)CC(=C1C)C2(C)C.[Ac]. The maximum absolute atomic E-state index is 14.0. The summed E-state index contributed by atoms with van der Waals surface area (Å²) in [6.45, 7) is 10.8. The van der Waals surface area contributed by atoms with Gasteiger partial charge in [0, 0.05) is 87.5 Å². The van der Waals surface area contributed by atoms with Crippen LogP contribution in [0.5, 0.6) is 0 Å². The predicted molar refractivity (Wildman–Crippen MR) is 136 cm³/mol. The standard InChI is InChI=1S/C28H41NO10.Ac/c1-13-17-10-19(32)26(7)9-8-20-27(35,12-37-20)22(26)23(38-16(4)31)28(36,25(17,5)6)11-18(13)39-24(34)21(33)14(2)29-15(3)30;/h14,18,20-23,33,35-36H,8-12H2,1-7H3,(H,29,30);/t14-,18?,20+,21+,22-,23-,26-,27-,28+;/m0./s1. The van der Waals surface area contributed by atoms with Gasteiger partial charge in [0.2, 0.25) is 5.91 Å². The zero-order valence-corrected chi connectivity index (χ0v) is 29.0. The van der Waals surface area contributed by atoms with Gasteiger partial charge in [-0.3, -0.25) is 14.4 Å². The number of esters is 2. The minimum Gasteiger partial charge on any atom is -0.459 e. The van der Waals surface area contributed by atoms with Gasteiger partial charge in [-0.25, -0.2) is 4.79 Å². The molecule has 2 bridgehead atoms. The largest absolute Gasteiger partial charge is 0.459 e. The molecule has 1 radical (unpaired) electrons. The third-order valence-corrected chi connectivity index (χ3v) is 9.96. The van der Waals surface area contributed by atoms with E-state index in [4.69, 9.17) is 14.2 Å². The molecule has 4 rings (SSSR count). The maximum Gasteiger partial charge on any atom is 0.337 e. The monoisotopic (exact) mass is 778 g/mol. The summed E-state index contributed by atoms with van der Waals surface area (Å²) in [6.07, 6.45) is -4.06. The first-order valence-corrected chi connectivity index (χ1v) is 13.5. The molecule has 1 unspecified atom stereocenters. The molecule has 0 spiro atoms. The smallest absolute Gasteiger partial charge is 0.337 e. The fourth-order valence-electron chi connectivity index (χ4n) is 7.44. The summed E-state index contributed by atoms with van der Waals surface area (Å²) in [5.74, 6) is -3.27. The van der Waals surface area contributed by atoms with Gasteiger partial charge in [-0.1, -0.05) is 26.3 Å². The van der Waals surface area contributed by atoms with E-state index in [0.29, 0.717) is 24.0 Å². The Hall–Kier alpha value is -0.898. The van der Waals surface area contributed by atoms with E-state index in [0.717, 1.165) is 0 Å². The number of hydrogen-bond acceptors (Lipinski definition) is 10. The molecule has 2 saturated carbocycles. The van der Waals surface area contributed by atoms with Crippen LogP contribution in [0, 0.1) is 60.8 Å². The second kappa shape index (κ2) is 11.3. The zero-order valence-electron chi connectivity index (χ0n) is 24.3. The molecule has 11 nitrogen and oxygen atoms in total. The number of rotatable bonds is 5. The molecule has 9 atom stereocenters. The second-order valence-electron chi connectivity index (χ2n) is 12.6. The molecule has 1 aliphatic heterocycles. The molecule has 0 aromatic rings. The summed E-state index contributed by atoms with van der Waals surface area (Å²) in [4.78, 5) is 50.9. The topological polar surface area (TPSA) is 169 Å². The summed E-state index contributed by atoms with van der Waals surface area (Å²) in [5, 5.41) is 37.4. The van der Waals surface area contributed by atoms with Gasteiger partial charge >= 0.3 is 11.9 Å². The van der Waals surface area contributed by atoms with Crippen LogP contribution in [0.15, 0.2) is 11.1 Å². The molecule has 4 aliphatic rings. The van der Waals surface area contributed by atoms with Crippen molar-refractivity contribution in [2.75, 3.05) is 6.61 Å². The van der Waals surface area contributed by atoms with E-state index in [2.05, 4.69) is 5.32 Å². The summed E-state index contributed by atoms with van der Waals surface area (Å²) in [6, 6.07) is -0.931. The van der Waals surface area contributed by atoms with Gasteiger partial charge in [0.25, 0.3) is 0 Å². The predicted octanol–water partition coefficient (Wildman–Crippen LogP) is 0.712. The van der Waals surface area contributed by atoms with Crippen LogP contribution >= 0.6 is 0 Å². The first-order valence-electron chi connectivity index (χ1n) is 13.5. The van der Waals surface area contributed by atoms with Crippen molar-refractivity contribution >= 4 is 23.6 Å². The Labute approximate surface area is 270 Å². The van der Waals surface area contributed by atoms with E-state index < -0.39 is 76.3 Å². The minimum absolute atomic E-state index is 0. The molecular formula is C28H41AcNO10. The van der Waals surface area contributed by atoms with E-state index in [1.807, 2.05) is 0 Å². The number of aliphatic hydroxyl groups excluding tert-OH is 1. The minimum atomic E-state index is -1.87. The molecular weight excluding hydrogens is 737 g/mol. The summed E-state index contributed by atoms with van der Waals surface area (Å²) in [7, 11) is 0. The van der Waals surface area contributed by atoms with Gasteiger partial charge in [-0.2, -0.15) is 0 Å². The first kappa shape index (κ1) is 33.6. The number of Topliss-reactive ketones (excluding diaryl/α,β-unsaturated/α-hetero) is 1. The Morgan fingerprint density at radius 2 is 1.75 bits per heavy atom. The Balaban J connectivity index is 0.00000441. The van der Waals surface area contributed by atoms with Crippen molar-refractivity contribution in [3.05, 3.63) is 11.1 Å². The zero-order chi connectivity index (χ0) is 29.3. The first-order chi connectivity index (χ1) is 17.9. The molecule has 0 aromatic carbocycles. The van der Waals surface area contributed by atoms with Crippen LogP contribution in [-0.2, 0) is 33.4 Å². The summed E-state index contributed by atoms with van der Waals surface area (Å²) < 4.78 is 17.2. The third kappa shape index (κ3) is 5.13. The average Bonchev–Trinajstić information content (AvgIpc) is 2.81. The Kier molecular flexibility index (Phi) is 9.50. The van der Waals surface area contributed by atoms with Gasteiger partial charge in [0.15, 0.2) is 6.10 Å². The number of nitrogens with one attached hydrogen (secondary N) is 1. The number of ketones is 1. The molecule has 3 aliphatic carbocycles. The van der Waals surface area contributed by atoms with Crippen LogP contribution < -0.4 is 5.32 Å². The number of carbonyl (C=O) groups excluding carboxylic acids is 4. The molecule has 3 fully saturated rings. The average molecular weight is 779 g/mol. The Morgan fingerprint density at radius 3 is 2.27 bits per heavy atom. The van der Waals surface area contributed by atoms with Gasteiger partial charge in [0.1, 0.15) is 29.2 Å². The fourth-order valence-corrected chi connectivity index (χ4v) is 7.44. The molecule has 221 valence electrons. The van der Waals surface area contributed by atoms with Crippen LogP contribution in [0.3, 0.4) is 0 Å². The quantitative estimate of drug-likeness (QED) is 0.231. The number of fused-ring (bicyclic) bond motifs is 5. The van der Waals surface area contributed by atoms with Crippen LogP contribution in [-0.4, -0.2) is 87.2 Å². The third-order valence-electron chi connectivity index (χ3n) is 9.96. The van der Waals surface area contributed by atoms with Gasteiger partial charge in [-0.15, -0.1) is 0 Å². The molecule has 0 aromatic heterocycles. The van der Waals surface area contributed by atoms with E-state index in [-0.39, 0.29) is 69.3 Å². The van der Waals surface area contributed by atoms with E-state index >= 15 is 0 Å². The van der Waals surface area contributed by atoms with Crippen molar-refractivity contribution in [1.82, 2.24) is 5.32 Å². The van der Waals surface area contributed by atoms with E-state index in [9.17, 15) is 34.5 Å². The van der Waals surface area contributed by atoms with Crippen molar-refractivity contribution in [3.63, 3.8) is 0 Å². The van der Waals surface area contributed by atoms with Crippen molar-refractivity contribution in [1.29, 1.82) is 0 Å². The van der Waals surface area contributed by atoms with Crippen LogP contribution in [0.25, 0.3) is 0 Å². The Bertz CT molecular complexity index is 1120. The normalized spacial score (nSPS) is 39.5. The number of amides is 1. The molecule has 1 amide bonds. The second-order valence-corrected chi connectivity index (χ2v) is 12.6. The van der Waals surface area contributed by atoms with Crippen LogP contribution in [0.1, 0.15) is 74.1 Å². The summed E-state index contributed by atoms with van der Waals surface area (Å²) in [5.41, 5.74) is -4.48. The molecule has 1 saturated heterocycles. The number of aliphatic hydroxyl groups is 3. The van der Waals surface area contributed by atoms with E-state index in [1.54, 1.807) is 27.7 Å². The fraction of sp³-hybridized carbons (Fsp3) is 0.786. The summed E-state index contributed by atoms with van der Waals surface area (Å²) >= 11 is 0. The number of ether oxygens (including phenoxy) is 3. The van der Waals surface area contributed by atoms with Gasteiger partial charge in [0.05, 0.1) is 18.8 Å². The maximum atomic E-state index is 14.0. The van der Waals surface area contributed by atoms with Crippen molar-refractivity contribution < 1.29 is 92.8 Å². The van der Waals surface area contributed by atoms with Gasteiger partial charge in [-0.05, 0) is 32.3 Å². The molecule has 4 N–H and O–H groups in total. The molecule has 12 heteroatoms. The van der Waals surface area contributed by atoms with Crippen LogP contribution in [0.2, 0.25) is 0 Å². The molecule has 1 heterocycles.